The second-order valence-corrected chi connectivity index (χ2v) is 1.46. The van der Waals surface area contributed by atoms with Crippen molar-refractivity contribution in [2.45, 2.75) is 0 Å². The summed E-state index contributed by atoms with van der Waals surface area (Å²) in [5.41, 5.74) is 0. The van der Waals surface area contributed by atoms with E-state index in [0.29, 0.717) is 5.96 Å². The first kappa shape index (κ1) is 5.79. The molecule has 1 aliphatic rings. The fourth-order valence-electron chi connectivity index (χ4n) is 0.459. The molecule has 1 aliphatic heterocycles. The molecule has 0 aliphatic carbocycles. The number of hydrogen-bond donors (Lipinski definition) is 1. The molecule has 0 saturated heterocycles. The van der Waals surface area contributed by atoms with Gasteiger partial charge in [0.15, 0.2) is 0 Å². The van der Waals surface area contributed by atoms with Crippen molar-refractivity contribution in [3.8, 4) is 0 Å². The highest BCUT2D eigenvalue weighted by Gasteiger charge is 1.86. The zero-order valence-corrected chi connectivity index (χ0v) is 5.13. The molecule has 1 rings (SSSR count). The van der Waals surface area contributed by atoms with E-state index in [2.05, 4.69) is 21.2 Å². The summed E-state index contributed by atoms with van der Waals surface area (Å²) in [7, 11) is 1.67. The first-order chi connectivity index (χ1) is 4.43. The smallest absolute Gasteiger partial charge is 0.230 e. The van der Waals surface area contributed by atoms with Crippen LogP contribution in [0.5, 0.6) is 0 Å². The van der Waals surface area contributed by atoms with Crippen molar-refractivity contribution < 1.29 is 0 Å². The lowest BCUT2D eigenvalue weighted by atomic mass is 10.6. The monoisotopic (exact) mass is 121 g/mol. The predicted molar refractivity (Wildman–Crippen MR) is 37.6 cm³/mol. The second-order valence-electron chi connectivity index (χ2n) is 1.46. The number of nitrogens with one attached hydrogen (secondary N) is 1. The maximum Gasteiger partial charge on any atom is 0.230 e. The Labute approximate surface area is 53.5 Å². The molecule has 0 unspecified atom stereocenters. The lowest BCUT2D eigenvalue weighted by Crippen LogP contribution is -2.12. The molecule has 9 heavy (non-hydrogen) atoms. The quantitative estimate of drug-likeness (QED) is 0.492. The summed E-state index contributed by atoms with van der Waals surface area (Å²) >= 11 is 0. The molecule has 0 bridgehead atoms. The molecule has 1 N–H and O–H groups in total. The average molecular weight is 121 g/mol. The standard InChI is InChI=1S/C6H7N3/c1-7-6-8-4-2-3-5-9-6/h2-4H,1H3,(H,7,8). The van der Waals surface area contributed by atoms with E-state index in [-0.39, 0.29) is 0 Å². The Kier molecular flexibility index (Phi) is 1.83. The van der Waals surface area contributed by atoms with Gasteiger partial charge < -0.3 is 5.32 Å². The zero-order chi connectivity index (χ0) is 6.53. The number of hydrogen-bond acceptors (Lipinski definition) is 1. The van der Waals surface area contributed by atoms with Gasteiger partial charge in [0.2, 0.25) is 5.96 Å². The average Bonchev–Trinajstić information content (AvgIpc) is 2.13. The van der Waals surface area contributed by atoms with Gasteiger partial charge in [0, 0.05) is 19.3 Å². The summed E-state index contributed by atoms with van der Waals surface area (Å²) in [6.45, 7) is 0. The molecule has 0 aromatic carbocycles. The van der Waals surface area contributed by atoms with Gasteiger partial charge >= 0.3 is 0 Å². The maximum atomic E-state index is 3.81. The van der Waals surface area contributed by atoms with E-state index in [0.717, 1.165) is 0 Å². The molecule has 0 saturated carbocycles. The molecule has 3 heteroatoms. The Morgan fingerprint density at radius 1 is 1.78 bits per heavy atom. The van der Waals surface area contributed by atoms with Crippen LogP contribution in [0.3, 0.4) is 0 Å². The summed E-state index contributed by atoms with van der Waals surface area (Å²) in [5, 5.41) is 2.84. The van der Waals surface area contributed by atoms with Crippen molar-refractivity contribution in [2.75, 3.05) is 7.05 Å². The van der Waals surface area contributed by atoms with Crippen LogP contribution in [0.4, 0.5) is 0 Å². The van der Waals surface area contributed by atoms with Crippen molar-refractivity contribution in [3.63, 3.8) is 0 Å². The minimum Gasteiger partial charge on any atom is -0.331 e. The molecular formula is C6H7N3. The van der Waals surface area contributed by atoms with Crippen LogP contribution in [-0.2, 0) is 0 Å². The summed E-state index contributed by atoms with van der Waals surface area (Å²) in [5.74, 6) is 3.25. The SMILES string of the molecule is CN=C1N=C=CC=CN1. The Hall–Kier alpha value is -1.34. The topological polar surface area (TPSA) is 36.8 Å². The van der Waals surface area contributed by atoms with Crippen LogP contribution >= 0.6 is 0 Å². The van der Waals surface area contributed by atoms with Crippen LogP contribution in [0.2, 0.25) is 0 Å². The number of aliphatic imine (C=N–C) groups is 2. The van der Waals surface area contributed by atoms with E-state index < -0.39 is 0 Å². The second kappa shape index (κ2) is 2.84. The van der Waals surface area contributed by atoms with Gasteiger partial charge in [0.1, 0.15) is 0 Å². The van der Waals surface area contributed by atoms with Crippen LogP contribution in [0.1, 0.15) is 0 Å². The third-order valence-electron chi connectivity index (χ3n) is 0.862. The van der Waals surface area contributed by atoms with E-state index in [4.69, 9.17) is 0 Å². The minimum absolute atomic E-state index is 0.583. The van der Waals surface area contributed by atoms with Crippen LogP contribution < -0.4 is 5.32 Å². The highest BCUT2D eigenvalue weighted by atomic mass is 15.1. The van der Waals surface area contributed by atoms with Crippen molar-refractivity contribution in [3.05, 3.63) is 18.4 Å². The molecule has 46 valence electrons. The van der Waals surface area contributed by atoms with Gasteiger partial charge in [-0.25, -0.2) is 0 Å². The van der Waals surface area contributed by atoms with Crippen molar-refractivity contribution in [1.29, 1.82) is 0 Å². The number of guanidine groups is 1. The van der Waals surface area contributed by atoms with E-state index in [1.54, 1.807) is 19.3 Å². The van der Waals surface area contributed by atoms with E-state index >= 15 is 0 Å². The Morgan fingerprint density at radius 3 is 3.44 bits per heavy atom. The third kappa shape index (κ3) is 1.55. The van der Waals surface area contributed by atoms with Gasteiger partial charge in [-0.1, -0.05) is 0 Å². The molecule has 1 heterocycles. The maximum absolute atomic E-state index is 3.81. The highest BCUT2D eigenvalue weighted by molar-refractivity contribution is 5.88. The van der Waals surface area contributed by atoms with E-state index in [1.165, 1.54) is 0 Å². The minimum atomic E-state index is 0.583. The Morgan fingerprint density at radius 2 is 2.67 bits per heavy atom. The van der Waals surface area contributed by atoms with E-state index in [1.807, 2.05) is 6.08 Å². The molecule has 0 atom stereocenters. The fraction of sp³-hybridized carbons (Fsp3) is 0.167. The van der Waals surface area contributed by atoms with Gasteiger partial charge in [-0.2, -0.15) is 4.99 Å². The summed E-state index contributed by atoms with van der Waals surface area (Å²) in [6, 6.07) is 0. The number of nitrogens with zero attached hydrogens (tertiary/aromatic N) is 2. The van der Waals surface area contributed by atoms with Crippen LogP contribution in [0.25, 0.3) is 0 Å². The van der Waals surface area contributed by atoms with Crippen LogP contribution in [-0.4, -0.2) is 18.9 Å². The molecule has 0 radical (unpaired) electrons. The van der Waals surface area contributed by atoms with Gasteiger partial charge in [-0.05, 0) is 11.9 Å². The summed E-state index contributed by atoms with van der Waals surface area (Å²) in [6.07, 6.45) is 5.28. The largest absolute Gasteiger partial charge is 0.331 e. The van der Waals surface area contributed by atoms with Gasteiger partial charge in [-0.15, -0.1) is 0 Å². The molecular weight excluding hydrogens is 114 g/mol. The predicted octanol–water partition coefficient (Wildman–Crippen LogP) is 0.315. The highest BCUT2D eigenvalue weighted by Crippen LogP contribution is 1.78. The Bertz CT molecular complexity index is 206. The lowest BCUT2D eigenvalue weighted by Gasteiger charge is -1.91. The summed E-state index contributed by atoms with van der Waals surface area (Å²) < 4.78 is 0. The number of rotatable bonds is 0. The van der Waals surface area contributed by atoms with E-state index in [9.17, 15) is 0 Å². The van der Waals surface area contributed by atoms with Crippen molar-refractivity contribution in [2.24, 2.45) is 9.98 Å². The normalized spacial score (nSPS) is 19.9. The lowest BCUT2D eigenvalue weighted by molar-refractivity contribution is 1.20. The van der Waals surface area contributed by atoms with Crippen LogP contribution in [0, 0.1) is 0 Å². The van der Waals surface area contributed by atoms with Crippen molar-refractivity contribution in [1.82, 2.24) is 5.32 Å². The molecule has 0 fully saturated rings. The molecule has 3 nitrogen and oxygen atoms in total. The van der Waals surface area contributed by atoms with Crippen LogP contribution in [0.15, 0.2) is 28.3 Å². The molecule has 0 aromatic heterocycles. The molecule has 0 aromatic rings. The molecule has 0 amide bonds. The van der Waals surface area contributed by atoms with Gasteiger partial charge in [0.05, 0.1) is 0 Å². The van der Waals surface area contributed by atoms with Crippen molar-refractivity contribution >= 4 is 11.8 Å². The van der Waals surface area contributed by atoms with Gasteiger partial charge in [0.25, 0.3) is 0 Å². The fourth-order valence-corrected chi connectivity index (χ4v) is 0.459. The third-order valence-corrected chi connectivity index (χ3v) is 0.862. The number of allylic oxidation sites excluding steroid dienone is 2. The summed E-state index contributed by atoms with van der Waals surface area (Å²) in [4.78, 5) is 7.63. The Balaban J connectivity index is 2.84. The zero-order valence-electron chi connectivity index (χ0n) is 5.13. The first-order valence-corrected chi connectivity index (χ1v) is 2.61. The first-order valence-electron chi connectivity index (χ1n) is 2.61. The molecule has 0 spiro atoms. The van der Waals surface area contributed by atoms with Gasteiger partial charge in [-0.3, -0.25) is 4.99 Å².